The highest BCUT2D eigenvalue weighted by Gasteiger charge is 2.41. The van der Waals surface area contributed by atoms with Crippen LogP contribution in [0, 0.1) is 0 Å². The van der Waals surface area contributed by atoms with Crippen LogP contribution < -0.4 is 11.1 Å². The number of β-lactam (4-membered cyclic amide) rings is 1. The van der Waals surface area contributed by atoms with Gasteiger partial charge in [0.05, 0.1) is 6.54 Å². The van der Waals surface area contributed by atoms with Crippen molar-refractivity contribution in [3.8, 4) is 0 Å². The molecule has 11 heteroatoms. The van der Waals surface area contributed by atoms with Crippen LogP contribution in [0.4, 0.5) is 5.13 Å². The molecule has 0 bridgehead atoms. The number of nitrogens with one attached hydrogen (secondary N) is 1. The molecule has 0 spiro atoms. The fourth-order valence-electron chi connectivity index (χ4n) is 1.66. The second-order valence-corrected chi connectivity index (χ2v) is 5.09. The minimum atomic E-state index is -0.801. The van der Waals surface area contributed by atoms with E-state index in [1.807, 2.05) is 0 Å². The van der Waals surface area contributed by atoms with E-state index in [0.29, 0.717) is 0 Å². The topological polar surface area (TPSA) is 136 Å². The number of rotatable bonds is 5. The van der Waals surface area contributed by atoms with Crippen LogP contribution in [0.15, 0.2) is 10.5 Å². The summed E-state index contributed by atoms with van der Waals surface area (Å²) in [5.41, 5.74) is 5.65. The number of nitrogens with two attached hydrogens (primary N) is 1. The third-order valence-electron chi connectivity index (χ3n) is 2.60. The number of hydrogen-bond donors (Lipinski definition) is 2. The lowest BCUT2D eigenvalue weighted by molar-refractivity contribution is -0.214. The highest BCUT2D eigenvalue weighted by molar-refractivity contribution is 7.13. The van der Waals surface area contributed by atoms with Gasteiger partial charge in [-0.2, -0.15) is 5.06 Å². The van der Waals surface area contributed by atoms with Crippen LogP contribution in [0.5, 0.6) is 0 Å². The number of hydrogen-bond acceptors (Lipinski definition) is 9. The highest BCUT2D eigenvalue weighted by Crippen LogP contribution is 2.14. The Morgan fingerprint density at radius 1 is 1.59 bits per heavy atom. The van der Waals surface area contributed by atoms with Crippen molar-refractivity contribution in [3.63, 3.8) is 0 Å². The Kier molecular flexibility index (Phi) is 4.56. The van der Waals surface area contributed by atoms with Gasteiger partial charge in [0, 0.05) is 12.3 Å². The van der Waals surface area contributed by atoms with Crippen LogP contribution in [0.3, 0.4) is 0 Å². The number of aromatic nitrogens is 1. The van der Waals surface area contributed by atoms with E-state index in [0.717, 1.165) is 16.4 Å². The van der Waals surface area contributed by atoms with Gasteiger partial charge < -0.3 is 20.7 Å². The van der Waals surface area contributed by atoms with Gasteiger partial charge >= 0.3 is 5.97 Å². The number of carbonyl (C=O) groups excluding carboxylic acids is 3. The zero-order chi connectivity index (χ0) is 16.3. The summed E-state index contributed by atoms with van der Waals surface area (Å²) in [6.45, 7) is 1.23. The van der Waals surface area contributed by atoms with E-state index < -0.39 is 23.8 Å². The number of hydroxylamine groups is 2. The summed E-state index contributed by atoms with van der Waals surface area (Å²) in [5, 5.41) is 8.72. The maximum atomic E-state index is 12.1. The van der Waals surface area contributed by atoms with Crippen molar-refractivity contribution in [2.24, 2.45) is 5.16 Å². The average Bonchev–Trinajstić information content (AvgIpc) is 2.88. The molecule has 1 atom stereocenters. The first-order valence-electron chi connectivity index (χ1n) is 6.05. The van der Waals surface area contributed by atoms with E-state index >= 15 is 0 Å². The minimum Gasteiger partial charge on any atom is -0.398 e. The molecule has 118 valence electrons. The molecule has 0 aliphatic carbocycles. The molecule has 2 heterocycles. The van der Waals surface area contributed by atoms with Crippen molar-refractivity contribution in [3.05, 3.63) is 11.1 Å². The van der Waals surface area contributed by atoms with Gasteiger partial charge in [0.15, 0.2) is 10.8 Å². The van der Waals surface area contributed by atoms with Crippen LogP contribution in [-0.2, 0) is 24.1 Å². The SMILES string of the molecule is CON=C(C(=O)NC1CN(OC(C)=O)C1=O)c1csc(N)n1. The van der Waals surface area contributed by atoms with Gasteiger partial charge in [0.2, 0.25) is 0 Å². The first kappa shape index (κ1) is 15.7. The van der Waals surface area contributed by atoms with E-state index in [2.05, 4.69) is 25.1 Å². The van der Waals surface area contributed by atoms with Crippen LogP contribution in [0.25, 0.3) is 0 Å². The second-order valence-electron chi connectivity index (χ2n) is 4.20. The number of oxime groups is 1. The van der Waals surface area contributed by atoms with Crippen molar-refractivity contribution in [2.45, 2.75) is 13.0 Å². The first-order chi connectivity index (χ1) is 10.4. The predicted octanol–water partition coefficient (Wildman–Crippen LogP) is -1.12. The second kappa shape index (κ2) is 6.39. The monoisotopic (exact) mass is 327 g/mol. The molecule has 1 aromatic rings. The van der Waals surface area contributed by atoms with Gasteiger partial charge in [0.25, 0.3) is 11.8 Å². The third-order valence-corrected chi connectivity index (χ3v) is 3.27. The predicted molar refractivity (Wildman–Crippen MR) is 75.5 cm³/mol. The Hall–Kier alpha value is -2.69. The number of amides is 2. The maximum Gasteiger partial charge on any atom is 0.329 e. The number of nitrogens with zero attached hydrogens (tertiary/aromatic N) is 3. The van der Waals surface area contributed by atoms with Gasteiger partial charge in [-0.05, 0) is 0 Å². The fourth-order valence-corrected chi connectivity index (χ4v) is 2.21. The van der Waals surface area contributed by atoms with E-state index in [-0.39, 0.29) is 23.1 Å². The van der Waals surface area contributed by atoms with Crippen LogP contribution >= 0.6 is 11.3 Å². The normalized spacial score (nSPS) is 17.7. The molecule has 22 heavy (non-hydrogen) atoms. The smallest absolute Gasteiger partial charge is 0.329 e. The Bertz CT molecular complexity index is 643. The molecule has 1 unspecified atom stereocenters. The van der Waals surface area contributed by atoms with Crippen molar-refractivity contribution >= 4 is 40.0 Å². The largest absolute Gasteiger partial charge is 0.398 e. The number of anilines is 1. The Morgan fingerprint density at radius 2 is 2.32 bits per heavy atom. The molecule has 1 saturated heterocycles. The molecule has 2 rings (SSSR count). The van der Waals surface area contributed by atoms with Crippen molar-refractivity contribution in [1.29, 1.82) is 0 Å². The lowest BCUT2D eigenvalue weighted by Gasteiger charge is -2.35. The molecule has 3 N–H and O–H groups in total. The summed E-state index contributed by atoms with van der Waals surface area (Å²) >= 11 is 1.14. The highest BCUT2D eigenvalue weighted by atomic mass is 32.1. The molecule has 10 nitrogen and oxygen atoms in total. The summed E-state index contributed by atoms with van der Waals surface area (Å²) in [7, 11) is 1.28. The van der Waals surface area contributed by atoms with Crippen molar-refractivity contribution in [2.75, 3.05) is 19.4 Å². The number of nitrogen functional groups attached to an aromatic ring is 1. The molecule has 1 aliphatic heterocycles. The van der Waals surface area contributed by atoms with Crippen LogP contribution in [0.2, 0.25) is 0 Å². The lowest BCUT2D eigenvalue weighted by atomic mass is 10.1. The summed E-state index contributed by atoms with van der Waals surface area (Å²) in [4.78, 5) is 47.7. The molecule has 0 radical (unpaired) electrons. The maximum absolute atomic E-state index is 12.1. The molecule has 2 amide bonds. The van der Waals surface area contributed by atoms with Crippen LogP contribution in [0.1, 0.15) is 12.6 Å². The molecule has 1 aliphatic rings. The van der Waals surface area contributed by atoms with Crippen molar-refractivity contribution < 1.29 is 24.1 Å². The third kappa shape index (κ3) is 3.31. The summed E-state index contributed by atoms with van der Waals surface area (Å²) in [6.07, 6.45) is 0. The van der Waals surface area contributed by atoms with E-state index in [1.165, 1.54) is 14.0 Å². The van der Waals surface area contributed by atoms with Crippen molar-refractivity contribution in [1.82, 2.24) is 15.4 Å². The Morgan fingerprint density at radius 3 is 2.82 bits per heavy atom. The first-order valence-corrected chi connectivity index (χ1v) is 6.93. The van der Waals surface area contributed by atoms with Gasteiger partial charge in [-0.1, -0.05) is 5.16 Å². The Labute approximate surface area is 128 Å². The quantitative estimate of drug-likeness (QED) is 0.397. The molecule has 0 saturated carbocycles. The molecule has 1 aromatic heterocycles. The summed E-state index contributed by atoms with van der Waals surface area (Å²) in [6, 6.07) is -0.801. The molecule has 1 fully saturated rings. The van der Waals surface area contributed by atoms with Gasteiger partial charge in [-0.15, -0.1) is 11.3 Å². The van der Waals surface area contributed by atoms with Gasteiger partial charge in [0.1, 0.15) is 18.8 Å². The average molecular weight is 327 g/mol. The fraction of sp³-hybridized carbons (Fsp3) is 0.364. The number of carbonyl (C=O) groups is 3. The summed E-state index contributed by atoms with van der Waals surface area (Å²) in [5.74, 6) is -1.79. The molecular weight excluding hydrogens is 314 g/mol. The van der Waals surface area contributed by atoms with Gasteiger partial charge in [-0.3, -0.25) is 14.4 Å². The minimum absolute atomic E-state index is 0.0591. The van der Waals surface area contributed by atoms with E-state index in [4.69, 9.17) is 5.73 Å². The standard InChI is InChI=1S/C11H13N5O5S/c1-5(17)21-16-3-6(10(16)19)13-9(18)8(15-20-2)7-4-22-11(12)14-7/h4,6H,3H2,1-2H3,(H2,12,14)(H,13,18). The molecular formula is C11H13N5O5S. The van der Waals surface area contributed by atoms with E-state index in [9.17, 15) is 14.4 Å². The Balaban J connectivity index is 2.00. The summed E-state index contributed by atoms with van der Waals surface area (Å²) < 4.78 is 0. The zero-order valence-electron chi connectivity index (χ0n) is 11.7. The number of thiazole rings is 1. The lowest BCUT2D eigenvalue weighted by Crippen LogP contribution is -2.64. The zero-order valence-corrected chi connectivity index (χ0v) is 12.5. The molecule has 0 aromatic carbocycles. The van der Waals surface area contributed by atoms with Gasteiger partial charge in [-0.25, -0.2) is 4.98 Å². The van der Waals surface area contributed by atoms with Crippen LogP contribution in [-0.4, -0.2) is 53.2 Å². The van der Waals surface area contributed by atoms with E-state index in [1.54, 1.807) is 5.38 Å².